The second-order valence-corrected chi connectivity index (χ2v) is 16.7. The highest BCUT2D eigenvalue weighted by Crippen LogP contribution is 2.67. The maximum absolute atomic E-state index is 12.7. The van der Waals surface area contributed by atoms with Crippen molar-refractivity contribution in [1.29, 1.82) is 0 Å². The standard InChI is InChI=1S/C39H64N2O5/c1-26(2)10-9-11-27(3)32-15-16-33-31-14-13-29-22-30(17-19-38(29,4)34(31)18-20-39(32,33)5)46-37(45)40-21-8-6-7-12-36(44)41-23-28(25-42)35(43)24-41/h11,13,26,28,30-35,42-43H,6-10,12,14-25H2,1-5H3,(H,40,45)/b27-11-/t28?,30-,31?,32+,33?,34?,35?,38-,39+/m0/s1. The van der Waals surface area contributed by atoms with Gasteiger partial charge in [-0.1, -0.05) is 57.4 Å². The summed E-state index contributed by atoms with van der Waals surface area (Å²) in [5, 5.41) is 22.2. The summed E-state index contributed by atoms with van der Waals surface area (Å²) >= 11 is 0. The zero-order valence-electron chi connectivity index (χ0n) is 29.6. The van der Waals surface area contributed by atoms with Gasteiger partial charge in [0.15, 0.2) is 0 Å². The van der Waals surface area contributed by atoms with Gasteiger partial charge < -0.3 is 25.2 Å². The molecule has 0 aromatic rings. The number of β-amino-alcohol motifs (C(OH)–C–C–N with tert-alkyl or cyclic N) is 1. The second kappa shape index (κ2) is 15.1. The number of likely N-dealkylation sites (tertiary alicyclic amines) is 1. The number of ether oxygens (including phenoxy) is 1. The molecule has 0 aromatic heterocycles. The van der Waals surface area contributed by atoms with E-state index in [4.69, 9.17) is 4.74 Å². The van der Waals surface area contributed by atoms with Gasteiger partial charge in [-0.2, -0.15) is 0 Å². The van der Waals surface area contributed by atoms with Crippen molar-refractivity contribution in [3.8, 4) is 0 Å². The monoisotopic (exact) mass is 640 g/mol. The SMILES string of the molecule is C/C(=C/CCC(C)C)[C@H]1CCC2C3CC=C4C[C@@H](OC(=O)NCCCCCC(=O)N5CC(O)C(CO)C5)CC[C@]4(C)C3CC[C@@]21C. The topological polar surface area (TPSA) is 99.1 Å². The van der Waals surface area contributed by atoms with Crippen molar-refractivity contribution in [1.82, 2.24) is 10.2 Å². The zero-order chi connectivity index (χ0) is 33.1. The van der Waals surface area contributed by atoms with Crippen LogP contribution in [0.3, 0.4) is 0 Å². The van der Waals surface area contributed by atoms with Gasteiger partial charge in [0, 0.05) is 38.4 Å². The lowest BCUT2D eigenvalue weighted by molar-refractivity contribution is -0.130. The highest BCUT2D eigenvalue weighted by Gasteiger charge is 2.58. The summed E-state index contributed by atoms with van der Waals surface area (Å²) in [5.41, 5.74) is 3.88. The van der Waals surface area contributed by atoms with E-state index in [0.717, 1.165) is 68.1 Å². The lowest BCUT2D eigenvalue weighted by Gasteiger charge is -2.58. The third kappa shape index (κ3) is 7.56. The van der Waals surface area contributed by atoms with Gasteiger partial charge in [0.1, 0.15) is 6.10 Å². The van der Waals surface area contributed by atoms with Crippen molar-refractivity contribution in [3.05, 3.63) is 23.3 Å². The minimum absolute atomic E-state index is 0.0319. The average Bonchev–Trinajstić information content (AvgIpc) is 3.58. The van der Waals surface area contributed by atoms with E-state index in [1.165, 1.54) is 44.9 Å². The number of rotatable bonds is 12. The van der Waals surface area contributed by atoms with E-state index in [1.54, 1.807) is 16.0 Å². The van der Waals surface area contributed by atoms with Gasteiger partial charge in [0.05, 0.1) is 12.7 Å². The Balaban J connectivity index is 1.04. The van der Waals surface area contributed by atoms with Crippen molar-refractivity contribution in [3.63, 3.8) is 0 Å². The highest BCUT2D eigenvalue weighted by atomic mass is 16.6. The minimum Gasteiger partial charge on any atom is -0.446 e. The summed E-state index contributed by atoms with van der Waals surface area (Å²) in [5.74, 6) is 3.68. The molecule has 3 N–H and O–H groups in total. The Bertz CT molecular complexity index is 1130. The zero-order valence-corrected chi connectivity index (χ0v) is 29.6. The number of carbonyl (C=O) groups excluding carboxylic acids is 2. The first kappa shape index (κ1) is 35.4. The van der Waals surface area contributed by atoms with Crippen LogP contribution in [0.5, 0.6) is 0 Å². The third-order valence-electron chi connectivity index (χ3n) is 13.4. The number of nitrogens with one attached hydrogen (secondary N) is 1. The van der Waals surface area contributed by atoms with Gasteiger partial charge in [-0.3, -0.25) is 4.79 Å². The predicted molar refractivity (Wildman–Crippen MR) is 183 cm³/mol. The Morgan fingerprint density at radius 1 is 1.09 bits per heavy atom. The molecule has 1 saturated heterocycles. The maximum atomic E-state index is 12.7. The summed E-state index contributed by atoms with van der Waals surface area (Å²) in [4.78, 5) is 26.7. The normalized spacial score (nSPS) is 37.4. The van der Waals surface area contributed by atoms with Crippen molar-refractivity contribution >= 4 is 12.0 Å². The lowest BCUT2D eigenvalue weighted by Crippen LogP contribution is -2.50. The van der Waals surface area contributed by atoms with Crippen LogP contribution in [-0.2, 0) is 9.53 Å². The van der Waals surface area contributed by atoms with E-state index in [2.05, 4.69) is 52.1 Å². The van der Waals surface area contributed by atoms with E-state index in [9.17, 15) is 19.8 Å². The summed E-state index contributed by atoms with van der Waals surface area (Å²) in [6, 6.07) is 0. The Labute approximate surface area is 279 Å². The number of allylic oxidation sites excluding steroid dienone is 3. The first-order valence-electron chi connectivity index (χ1n) is 18.8. The number of aliphatic hydroxyl groups excluding tert-OH is 2. The maximum Gasteiger partial charge on any atom is 0.407 e. The number of fused-ring (bicyclic) bond motifs is 5. The molecule has 0 radical (unpaired) electrons. The number of unbranched alkanes of at least 4 members (excludes halogenated alkanes) is 2. The molecule has 46 heavy (non-hydrogen) atoms. The predicted octanol–water partition coefficient (Wildman–Crippen LogP) is 7.41. The third-order valence-corrected chi connectivity index (χ3v) is 13.4. The molecule has 4 fully saturated rings. The van der Waals surface area contributed by atoms with E-state index in [-0.39, 0.29) is 36.0 Å². The Kier molecular flexibility index (Phi) is 11.7. The molecule has 3 saturated carbocycles. The molecule has 4 aliphatic carbocycles. The molecule has 2 amide bonds. The fourth-order valence-corrected chi connectivity index (χ4v) is 10.6. The van der Waals surface area contributed by atoms with Crippen molar-refractivity contribution in [2.24, 2.45) is 46.3 Å². The molecular weight excluding hydrogens is 576 g/mol. The first-order valence-corrected chi connectivity index (χ1v) is 18.8. The molecule has 1 aliphatic heterocycles. The number of hydrogen-bond donors (Lipinski definition) is 3. The van der Waals surface area contributed by atoms with Gasteiger partial charge in [-0.05, 0) is 118 Å². The van der Waals surface area contributed by atoms with Crippen LogP contribution in [0.4, 0.5) is 4.79 Å². The molecule has 5 rings (SSSR count). The summed E-state index contributed by atoms with van der Waals surface area (Å²) in [6.45, 7) is 13.4. The fraction of sp³-hybridized carbons (Fsp3) is 0.846. The van der Waals surface area contributed by atoms with Crippen LogP contribution < -0.4 is 5.32 Å². The number of alkyl carbamates (subject to hydrolysis) is 1. The number of amides is 2. The molecule has 0 aromatic carbocycles. The van der Waals surface area contributed by atoms with E-state index >= 15 is 0 Å². The van der Waals surface area contributed by atoms with Crippen molar-refractivity contribution in [2.45, 2.75) is 137 Å². The molecule has 0 bridgehead atoms. The number of hydrogen-bond acceptors (Lipinski definition) is 5. The second-order valence-electron chi connectivity index (χ2n) is 16.7. The summed E-state index contributed by atoms with van der Waals surface area (Å²) in [7, 11) is 0. The number of carbonyl (C=O) groups is 2. The van der Waals surface area contributed by atoms with Gasteiger partial charge in [-0.15, -0.1) is 0 Å². The van der Waals surface area contributed by atoms with Crippen molar-refractivity contribution in [2.75, 3.05) is 26.2 Å². The smallest absolute Gasteiger partial charge is 0.407 e. The highest BCUT2D eigenvalue weighted by molar-refractivity contribution is 5.76. The first-order chi connectivity index (χ1) is 22.0. The van der Waals surface area contributed by atoms with E-state index in [1.807, 2.05) is 0 Å². The lowest BCUT2D eigenvalue weighted by atomic mass is 9.47. The van der Waals surface area contributed by atoms with Crippen LogP contribution in [0, 0.1) is 46.3 Å². The molecule has 7 heteroatoms. The van der Waals surface area contributed by atoms with Crippen LogP contribution in [-0.4, -0.2) is 65.6 Å². The van der Waals surface area contributed by atoms with Gasteiger partial charge in [0.25, 0.3) is 0 Å². The van der Waals surface area contributed by atoms with Crippen LogP contribution in [0.2, 0.25) is 0 Å². The molecule has 0 spiro atoms. The molecular formula is C39H64N2O5. The number of aliphatic hydroxyl groups is 2. The fourth-order valence-electron chi connectivity index (χ4n) is 10.6. The largest absolute Gasteiger partial charge is 0.446 e. The van der Waals surface area contributed by atoms with Gasteiger partial charge in [-0.25, -0.2) is 4.79 Å². The molecule has 7 nitrogen and oxygen atoms in total. The van der Waals surface area contributed by atoms with Crippen molar-refractivity contribution < 1.29 is 24.5 Å². The van der Waals surface area contributed by atoms with Gasteiger partial charge in [0.2, 0.25) is 5.91 Å². The van der Waals surface area contributed by atoms with Crippen LogP contribution >= 0.6 is 0 Å². The van der Waals surface area contributed by atoms with Crippen LogP contribution in [0.25, 0.3) is 0 Å². The van der Waals surface area contributed by atoms with E-state index in [0.29, 0.717) is 31.5 Å². The van der Waals surface area contributed by atoms with Crippen LogP contribution in [0.15, 0.2) is 23.3 Å². The number of nitrogens with zero attached hydrogens (tertiary/aromatic N) is 1. The van der Waals surface area contributed by atoms with E-state index < -0.39 is 6.10 Å². The molecule has 260 valence electrons. The Morgan fingerprint density at radius 3 is 2.63 bits per heavy atom. The molecule has 5 unspecified atom stereocenters. The average molecular weight is 641 g/mol. The quantitative estimate of drug-likeness (QED) is 0.152. The molecule has 9 atom stereocenters. The summed E-state index contributed by atoms with van der Waals surface area (Å²) < 4.78 is 5.93. The van der Waals surface area contributed by atoms with Gasteiger partial charge >= 0.3 is 6.09 Å². The minimum atomic E-state index is -0.631. The Morgan fingerprint density at radius 2 is 1.89 bits per heavy atom. The summed E-state index contributed by atoms with van der Waals surface area (Å²) in [6.07, 6.45) is 19.0. The molecule has 5 aliphatic rings. The molecule has 1 heterocycles. The Hall–Kier alpha value is -1.86. The van der Waals surface area contributed by atoms with Crippen LogP contribution in [0.1, 0.15) is 125 Å².